The molecule has 2 N–H and O–H groups in total. The molecule has 0 aliphatic rings. The van der Waals surface area contributed by atoms with Crippen LogP contribution in [0.25, 0.3) is 0 Å². The average Bonchev–Trinajstić information content (AvgIpc) is 2.25. The first-order valence-corrected chi connectivity index (χ1v) is 5.52. The van der Waals surface area contributed by atoms with Crippen molar-refractivity contribution in [1.29, 1.82) is 0 Å². The second-order valence-electron chi connectivity index (χ2n) is 3.85. The maximum atomic E-state index is 9.40. The molecule has 1 aromatic rings. The molecule has 0 aliphatic carbocycles. The lowest BCUT2D eigenvalue weighted by Gasteiger charge is -2.12. The summed E-state index contributed by atoms with van der Waals surface area (Å²) in [5.74, 6) is 1.21. The Morgan fingerprint density at radius 1 is 1.44 bits per heavy atom. The zero-order chi connectivity index (χ0) is 12.0. The van der Waals surface area contributed by atoms with Gasteiger partial charge in [-0.05, 0) is 20.3 Å². The summed E-state index contributed by atoms with van der Waals surface area (Å²) < 4.78 is 5.43. The van der Waals surface area contributed by atoms with Crippen molar-refractivity contribution in [1.82, 2.24) is 9.97 Å². The van der Waals surface area contributed by atoms with E-state index in [1.165, 1.54) is 6.33 Å². The summed E-state index contributed by atoms with van der Waals surface area (Å²) >= 11 is 0. The van der Waals surface area contributed by atoms with Crippen LogP contribution < -0.4 is 10.1 Å². The molecule has 16 heavy (non-hydrogen) atoms. The first kappa shape index (κ1) is 12.7. The molecule has 0 spiro atoms. The van der Waals surface area contributed by atoms with Crippen molar-refractivity contribution in [2.24, 2.45) is 0 Å². The van der Waals surface area contributed by atoms with E-state index >= 15 is 0 Å². The summed E-state index contributed by atoms with van der Waals surface area (Å²) in [5, 5.41) is 12.4. The smallest absolute Gasteiger partial charge is 0.218 e. The normalized spacial score (nSPS) is 12.6. The summed E-state index contributed by atoms with van der Waals surface area (Å²) in [5.41, 5.74) is 0. The molecule has 0 bridgehead atoms. The number of anilines is 1. The minimum absolute atomic E-state index is 0.0870. The van der Waals surface area contributed by atoms with E-state index in [4.69, 9.17) is 4.74 Å². The molecule has 1 unspecified atom stereocenters. The van der Waals surface area contributed by atoms with Crippen LogP contribution in [0.4, 0.5) is 5.82 Å². The van der Waals surface area contributed by atoms with Gasteiger partial charge in [-0.2, -0.15) is 0 Å². The molecule has 0 aromatic carbocycles. The van der Waals surface area contributed by atoms with E-state index in [2.05, 4.69) is 15.3 Å². The van der Waals surface area contributed by atoms with Crippen LogP contribution in [-0.4, -0.2) is 33.8 Å². The molecular formula is C11H19N3O2. The molecule has 5 heteroatoms. The number of rotatable bonds is 6. The second-order valence-corrected chi connectivity index (χ2v) is 3.85. The highest BCUT2D eigenvalue weighted by Gasteiger charge is 2.04. The Balaban J connectivity index is 2.53. The molecule has 0 radical (unpaired) electrons. The fourth-order valence-corrected chi connectivity index (χ4v) is 1.11. The molecule has 0 aliphatic heterocycles. The highest BCUT2D eigenvalue weighted by molar-refractivity contribution is 5.37. The molecule has 0 fully saturated rings. The molecule has 0 saturated carbocycles. The molecular weight excluding hydrogens is 206 g/mol. The van der Waals surface area contributed by atoms with Gasteiger partial charge in [-0.25, -0.2) is 9.97 Å². The number of aliphatic hydroxyl groups excluding tert-OH is 1. The lowest BCUT2D eigenvalue weighted by molar-refractivity contribution is 0.183. The molecule has 1 heterocycles. The van der Waals surface area contributed by atoms with Gasteiger partial charge in [0.1, 0.15) is 12.1 Å². The molecule has 90 valence electrons. The monoisotopic (exact) mass is 225 g/mol. The van der Waals surface area contributed by atoms with E-state index in [-0.39, 0.29) is 12.2 Å². The van der Waals surface area contributed by atoms with Crippen molar-refractivity contribution >= 4 is 5.82 Å². The van der Waals surface area contributed by atoms with E-state index in [0.717, 1.165) is 0 Å². The Kier molecular flexibility index (Phi) is 4.98. The van der Waals surface area contributed by atoms with E-state index in [9.17, 15) is 5.11 Å². The molecule has 1 atom stereocenters. The van der Waals surface area contributed by atoms with Crippen LogP contribution in [0.5, 0.6) is 5.88 Å². The molecule has 5 nitrogen and oxygen atoms in total. The Morgan fingerprint density at radius 2 is 2.19 bits per heavy atom. The van der Waals surface area contributed by atoms with Crippen LogP contribution in [0.2, 0.25) is 0 Å². The maximum Gasteiger partial charge on any atom is 0.218 e. The highest BCUT2D eigenvalue weighted by Crippen LogP contribution is 2.12. The number of hydrogen-bond donors (Lipinski definition) is 2. The van der Waals surface area contributed by atoms with Gasteiger partial charge in [0.15, 0.2) is 0 Å². The Bertz CT molecular complexity index is 318. The Labute approximate surface area is 95.9 Å². The largest absolute Gasteiger partial charge is 0.475 e. The Hall–Kier alpha value is -1.36. The minimum atomic E-state index is -0.357. The first-order chi connectivity index (χ1) is 7.61. The lowest BCUT2D eigenvalue weighted by atomic mass is 10.3. The second kappa shape index (κ2) is 6.27. The topological polar surface area (TPSA) is 67.3 Å². The van der Waals surface area contributed by atoms with E-state index < -0.39 is 0 Å². The van der Waals surface area contributed by atoms with Crippen LogP contribution in [0.1, 0.15) is 27.2 Å². The fourth-order valence-electron chi connectivity index (χ4n) is 1.11. The molecule has 1 aromatic heterocycles. The predicted molar refractivity (Wildman–Crippen MR) is 62.6 cm³/mol. The van der Waals surface area contributed by atoms with Gasteiger partial charge in [0.25, 0.3) is 0 Å². The van der Waals surface area contributed by atoms with Crippen LogP contribution in [0.3, 0.4) is 0 Å². The van der Waals surface area contributed by atoms with Crippen molar-refractivity contribution in [3.8, 4) is 5.88 Å². The fraction of sp³-hybridized carbons (Fsp3) is 0.636. The van der Waals surface area contributed by atoms with Gasteiger partial charge in [-0.15, -0.1) is 0 Å². The van der Waals surface area contributed by atoms with Gasteiger partial charge >= 0.3 is 0 Å². The van der Waals surface area contributed by atoms with Crippen molar-refractivity contribution in [3.63, 3.8) is 0 Å². The van der Waals surface area contributed by atoms with Gasteiger partial charge in [-0.1, -0.05) is 6.92 Å². The number of nitrogens with one attached hydrogen (secondary N) is 1. The number of hydrogen-bond acceptors (Lipinski definition) is 5. The minimum Gasteiger partial charge on any atom is -0.475 e. The third-order valence-corrected chi connectivity index (χ3v) is 1.99. The van der Waals surface area contributed by atoms with Crippen molar-refractivity contribution in [2.45, 2.75) is 39.4 Å². The number of aromatic nitrogens is 2. The summed E-state index contributed by atoms with van der Waals surface area (Å²) in [4.78, 5) is 8.03. The lowest BCUT2D eigenvalue weighted by Crippen LogP contribution is -2.19. The summed E-state index contributed by atoms with van der Waals surface area (Å²) in [7, 11) is 0. The van der Waals surface area contributed by atoms with Gasteiger partial charge < -0.3 is 15.2 Å². The van der Waals surface area contributed by atoms with Gasteiger partial charge in [-0.3, -0.25) is 0 Å². The van der Waals surface area contributed by atoms with E-state index in [1.807, 2.05) is 20.8 Å². The third-order valence-electron chi connectivity index (χ3n) is 1.99. The van der Waals surface area contributed by atoms with E-state index in [0.29, 0.717) is 24.7 Å². The summed E-state index contributed by atoms with van der Waals surface area (Å²) in [6.07, 6.45) is 1.89. The molecule has 0 saturated heterocycles. The average molecular weight is 225 g/mol. The molecule has 1 rings (SSSR count). The van der Waals surface area contributed by atoms with E-state index in [1.54, 1.807) is 6.07 Å². The SMILES string of the molecule is CCC(O)CNc1cc(OC(C)C)ncn1. The zero-order valence-corrected chi connectivity index (χ0v) is 9.97. The van der Waals surface area contributed by atoms with Crippen LogP contribution >= 0.6 is 0 Å². The number of nitrogens with zero attached hydrogens (tertiary/aromatic N) is 2. The highest BCUT2D eigenvalue weighted by atomic mass is 16.5. The maximum absolute atomic E-state index is 9.40. The summed E-state index contributed by atoms with van der Waals surface area (Å²) in [6.45, 7) is 6.29. The van der Waals surface area contributed by atoms with Crippen LogP contribution in [-0.2, 0) is 0 Å². The van der Waals surface area contributed by atoms with Crippen LogP contribution in [0.15, 0.2) is 12.4 Å². The predicted octanol–water partition coefficient (Wildman–Crippen LogP) is 1.45. The van der Waals surface area contributed by atoms with Crippen molar-refractivity contribution in [3.05, 3.63) is 12.4 Å². The molecule has 0 amide bonds. The first-order valence-electron chi connectivity index (χ1n) is 5.52. The summed E-state index contributed by atoms with van der Waals surface area (Å²) in [6, 6.07) is 1.72. The van der Waals surface area contributed by atoms with Crippen molar-refractivity contribution < 1.29 is 9.84 Å². The number of aliphatic hydroxyl groups is 1. The van der Waals surface area contributed by atoms with Gasteiger partial charge in [0.2, 0.25) is 5.88 Å². The van der Waals surface area contributed by atoms with Gasteiger partial charge in [0.05, 0.1) is 12.2 Å². The Morgan fingerprint density at radius 3 is 2.81 bits per heavy atom. The number of ether oxygens (including phenoxy) is 1. The third kappa shape index (κ3) is 4.44. The van der Waals surface area contributed by atoms with Gasteiger partial charge in [0, 0.05) is 12.6 Å². The van der Waals surface area contributed by atoms with Crippen LogP contribution in [0, 0.1) is 0 Å². The van der Waals surface area contributed by atoms with Crippen molar-refractivity contribution in [2.75, 3.05) is 11.9 Å². The standard InChI is InChI=1S/C11H19N3O2/c1-4-9(15)6-12-10-5-11(14-7-13-10)16-8(2)3/h5,7-9,15H,4,6H2,1-3H3,(H,12,13,14). The quantitative estimate of drug-likeness (QED) is 0.767. The zero-order valence-electron chi connectivity index (χ0n) is 9.97.